The molecule has 0 saturated carbocycles. The molecule has 0 spiro atoms. The van der Waals surface area contributed by atoms with Gasteiger partial charge in [-0.05, 0) is 32.3 Å². The van der Waals surface area contributed by atoms with Crippen molar-refractivity contribution in [2.75, 3.05) is 6.54 Å². The molecule has 2 fully saturated rings. The Labute approximate surface area is 126 Å². The largest absolute Gasteiger partial charge is 0.343 e. The first kappa shape index (κ1) is 13.5. The van der Waals surface area contributed by atoms with Gasteiger partial charge in [0.05, 0.1) is 0 Å². The summed E-state index contributed by atoms with van der Waals surface area (Å²) in [6.45, 7) is 5.02. The minimum Gasteiger partial charge on any atom is -0.343 e. The highest BCUT2D eigenvalue weighted by atomic mass is 16.8. The molecule has 0 aliphatic carbocycles. The second kappa shape index (κ2) is 4.94. The third-order valence-corrected chi connectivity index (χ3v) is 4.91. The van der Waals surface area contributed by atoms with Gasteiger partial charge in [0.2, 0.25) is 0 Å². The van der Waals surface area contributed by atoms with Gasteiger partial charge in [-0.2, -0.15) is 0 Å². The van der Waals surface area contributed by atoms with Gasteiger partial charge in [-0.25, -0.2) is 0 Å². The van der Waals surface area contributed by atoms with Crippen LogP contribution in [0.4, 0.5) is 0 Å². The lowest BCUT2D eigenvalue weighted by Crippen LogP contribution is -2.39. The van der Waals surface area contributed by atoms with Gasteiger partial charge in [-0.3, -0.25) is 4.90 Å². The van der Waals surface area contributed by atoms with E-state index in [0.29, 0.717) is 12.1 Å². The zero-order chi connectivity index (χ0) is 14.4. The normalized spacial score (nSPS) is 38.0. The number of hydrogen-bond acceptors (Lipinski definition) is 3. The Morgan fingerprint density at radius 2 is 1.81 bits per heavy atom. The number of hydrogen-bond donors (Lipinski definition) is 0. The maximum Gasteiger partial charge on any atom is 0.163 e. The van der Waals surface area contributed by atoms with E-state index in [4.69, 9.17) is 9.47 Å². The Balaban J connectivity index is 1.63. The molecule has 3 heterocycles. The zero-order valence-electron chi connectivity index (χ0n) is 12.7. The van der Waals surface area contributed by atoms with E-state index in [2.05, 4.69) is 47.4 Å². The van der Waals surface area contributed by atoms with E-state index in [-0.39, 0.29) is 12.2 Å². The molecule has 1 aromatic rings. The van der Waals surface area contributed by atoms with Gasteiger partial charge in [0.25, 0.3) is 0 Å². The van der Waals surface area contributed by atoms with E-state index >= 15 is 0 Å². The third kappa shape index (κ3) is 2.33. The summed E-state index contributed by atoms with van der Waals surface area (Å²) in [6.07, 6.45) is 7.19. The van der Waals surface area contributed by atoms with Crippen molar-refractivity contribution in [3.63, 3.8) is 0 Å². The molecule has 3 heteroatoms. The van der Waals surface area contributed by atoms with Crippen molar-refractivity contribution >= 4 is 0 Å². The average molecular weight is 285 g/mol. The van der Waals surface area contributed by atoms with Crippen LogP contribution in [0.25, 0.3) is 0 Å². The first-order valence-electron chi connectivity index (χ1n) is 7.95. The van der Waals surface area contributed by atoms with Crippen molar-refractivity contribution < 1.29 is 9.47 Å². The minimum atomic E-state index is -0.431. The van der Waals surface area contributed by atoms with E-state index in [0.717, 1.165) is 19.4 Å². The molecular formula is C18H23NO2. The Hall–Kier alpha value is -1.16. The molecule has 3 aliphatic rings. The molecule has 0 amide bonds. The van der Waals surface area contributed by atoms with Gasteiger partial charge in [0, 0.05) is 18.6 Å². The SMILES string of the molecule is CC1(C)O[C@@H]2[C@@H](CN3[C@H](c4ccccc4)CC=CC[C@@H]23)O1. The van der Waals surface area contributed by atoms with Crippen LogP contribution in [-0.4, -0.2) is 35.5 Å². The van der Waals surface area contributed by atoms with Crippen LogP contribution in [0, 0.1) is 0 Å². The maximum atomic E-state index is 6.18. The molecule has 4 atom stereocenters. The van der Waals surface area contributed by atoms with Crippen LogP contribution in [0.15, 0.2) is 42.5 Å². The van der Waals surface area contributed by atoms with Crippen LogP contribution in [0.1, 0.15) is 38.3 Å². The topological polar surface area (TPSA) is 21.7 Å². The molecule has 0 unspecified atom stereocenters. The van der Waals surface area contributed by atoms with Crippen molar-refractivity contribution in [1.82, 2.24) is 4.90 Å². The highest BCUT2D eigenvalue weighted by Gasteiger charge is 2.53. The predicted octanol–water partition coefficient (Wildman–Crippen LogP) is 3.28. The average Bonchev–Trinajstić information content (AvgIpc) is 2.83. The Bertz CT molecular complexity index is 539. The summed E-state index contributed by atoms with van der Waals surface area (Å²) in [5.74, 6) is -0.431. The monoisotopic (exact) mass is 285 g/mol. The van der Waals surface area contributed by atoms with E-state index in [1.807, 2.05) is 13.8 Å². The van der Waals surface area contributed by atoms with Crippen LogP contribution >= 0.6 is 0 Å². The molecule has 112 valence electrons. The number of fused-ring (bicyclic) bond motifs is 3. The molecule has 21 heavy (non-hydrogen) atoms. The van der Waals surface area contributed by atoms with Crippen LogP contribution in [0.5, 0.6) is 0 Å². The molecule has 3 nitrogen and oxygen atoms in total. The van der Waals surface area contributed by atoms with E-state index in [1.54, 1.807) is 0 Å². The summed E-state index contributed by atoms with van der Waals surface area (Å²) in [5.41, 5.74) is 1.40. The summed E-state index contributed by atoms with van der Waals surface area (Å²) in [4.78, 5) is 2.60. The number of benzene rings is 1. The molecular weight excluding hydrogens is 262 g/mol. The molecule has 0 bridgehead atoms. The molecule has 0 N–H and O–H groups in total. The zero-order valence-corrected chi connectivity index (χ0v) is 12.7. The standard InChI is InChI=1S/C18H23NO2/c1-18(2)20-16-12-19-14(13-8-4-3-5-9-13)10-6-7-11-15(19)17(16)21-18/h3-9,14-17H,10-12H2,1-2H3/t14-,15-,16+,17-/m0/s1. The Morgan fingerprint density at radius 3 is 2.62 bits per heavy atom. The van der Waals surface area contributed by atoms with Crippen LogP contribution in [0.3, 0.4) is 0 Å². The summed E-state index contributed by atoms with van der Waals surface area (Å²) < 4.78 is 12.3. The predicted molar refractivity (Wildman–Crippen MR) is 81.9 cm³/mol. The number of rotatable bonds is 1. The van der Waals surface area contributed by atoms with Gasteiger partial charge in [0.1, 0.15) is 12.2 Å². The van der Waals surface area contributed by atoms with Gasteiger partial charge in [0.15, 0.2) is 5.79 Å². The lowest BCUT2D eigenvalue weighted by atomic mass is 10.0. The second-order valence-corrected chi connectivity index (χ2v) is 6.77. The van der Waals surface area contributed by atoms with Crippen molar-refractivity contribution in [3.05, 3.63) is 48.0 Å². The van der Waals surface area contributed by atoms with E-state index in [1.165, 1.54) is 5.56 Å². The number of ether oxygens (including phenoxy) is 2. The van der Waals surface area contributed by atoms with Gasteiger partial charge < -0.3 is 9.47 Å². The maximum absolute atomic E-state index is 6.18. The highest BCUT2D eigenvalue weighted by molar-refractivity contribution is 5.23. The van der Waals surface area contributed by atoms with Crippen LogP contribution in [0.2, 0.25) is 0 Å². The van der Waals surface area contributed by atoms with Crippen molar-refractivity contribution in [2.45, 2.75) is 56.8 Å². The smallest absolute Gasteiger partial charge is 0.163 e. The van der Waals surface area contributed by atoms with Crippen molar-refractivity contribution in [1.29, 1.82) is 0 Å². The van der Waals surface area contributed by atoms with E-state index in [9.17, 15) is 0 Å². The first-order valence-corrected chi connectivity index (χ1v) is 7.95. The summed E-state index contributed by atoms with van der Waals surface area (Å²) in [7, 11) is 0. The molecule has 4 rings (SSSR count). The lowest BCUT2D eigenvalue weighted by molar-refractivity contribution is -0.163. The summed E-state index contributed by atoms with van der Waals surface area (Å²) >= 11 is 0. The third-order valence-electron chi connectivity index (χ3n) is 4.91. The molecule has 2 saturated heterocycles. The minimum absolute atomic E-state index is 0.203. The van der Waals surface area contributed by atoms with Gasteiger partial charge in [-0.1, -0.05) is 42.5 Å². The van der Waals surface area contributed by atoms with Crippen molar-refractivity contribution in [2.24, 2.45) is 0 Å². The molecule has 3 aliphatic heterocycles. The van der Waals surface area contributed by atoms with Gasteiger partial charge >= 0.3 is 0 Å². The van der Waals surface area contributed by atoms with Gasteiger partial charge in [-0.15, -0.1) is 0 Å². The molecule has 0 aromatic heterocycles. The Kier molecular flexibility index (Phi) is 3.18. The van der Waals surface area contributed by atoms with E-state index < -0.39 is 5.79 Å². The first-order chi connectivity index (χ1) is 10.1. The lowest BCUT2D eigenvalue weighted by Gasteiger charge is -2.34. The quantitative estimate of drug-likeness (QED) is 0.739. The fraction of sp³-hybridized carbons (Fsp3) is 0.556. The molecule has 0 radical (unpaired) electrons. The Morgan fingerprint density at radius 1 is 1.05 bits per heavy atom. The van der Waals surface area contributed by atoms with Crippen molar-refractivity contribution in [3.8, 4) is 0 Å². The molecule has 1 aromatic carbocycles. The second-order valence-electron chi connectivity index (χ2n) is 6.77. The fourth-order valence-electron chi connectivity index (χ4n) is 4.09. The fourth-order valence-corrected chi connectivity index (χ4v) is 4.09. The summed E-state index contributed by atoms with van der Waals surface area (Å²) in [6, 6.07) is 11.7. The number of nitrogens with zero attached hydrogens (tertiary/aromatic N) is 1. The van der Waals surface area contributed by atoms with Crippen LogP contribution < -0.4 is 0 Å². The van der Waals surface area contributed by atoms with Crippen LogP contribution in [-0.2, 0) is 9.47 Å². The highest BCUT2D eigenvalue weighted by Crippen LogP contribution is 2.43. The summed E-state index contributed by atoms with van der Waals surface area (Å²) in [5, 5.41) is 0.